The summed E-state index contributed by atoms with van der Waals surface area (Å²) in [7, 11) is 0. The van der Waals surface area contributed by atoms with Gasteiger partial charge in [-0.05, 0) is 37.3 Å². The van der Waals surface area contributed by atoms with Crippen molar-refractivity contribution < 1.29 is 19.1 Å². The van der Waals surface area contributed by atoms with E-state index in [9.17, 15) is 9.59 Å². The third kappa shape index (κ3) is 5.91. The van der Waals surface area contributed by atoms with E-state index in [1.807, 2.05) is 37.1 Å². The molecule has 1 aromatic rings. The molecule has 1 fully saturated rings. The zero-order valence-electron chi connectivity index (χ0n) is 21.2. The number of aryl methyl sites for hydroxylation is 2. The van der Waals surface area contributed by atoms with Gasteiger partial charge < -0.3 is 19.7 Å². The van der Waals surface area contributed by atoms with Gasteiger partial charge in [0.05, 0.1) is 36.9 Å². The molecule has 8 nitrogen and oxygen atoms in total. The number of amidine groups is 1. The maximum Gasteiger partial charge on any atom is 0.338 e. The van der Waals surface area contributed by atoms with Crippen molar-refractivity contribution in [1.29, 1.82) is 0 Å². The molecule has 192 valence electrons. The molecule has 3 aliphatic heterocycles. The Labute approximate surface area is 217 Å². The maximum absolute atomic E-state index is 13.2. The van der Waals surface area contributed by atoms with Crippen molar-refractivity contribution in [2.45, 2.75) is 33.2 Å². The monoisotopic (exact) mass is 510 g/mol. The van der Waals surface area contributed by atoms with Crippen molar-refractivity contribution in [3.63, 3.8) is 0 Å². The Balaban J connectivity index is 1.55. The zero-order chi connectivity index (χ0) is 25.7. The maximum atomic E-state index is 13.2. The lowest BCUT2D eigenvalue weighted by Gasteiger charge is -2.37. The van der Waals surface area contributed by atoms with Gasteiger partial charge in [0.25, 0.3) is 0 Å². The Bertz CT molecular complexity index is 1120. The smallest absolute Gasteiger partial charge is 0.338 e. The molecule has 1 atom stereocenters. The largest absolute Gasteiger partial charge is 0.458 e. The van der Waals surface area contributed by atoms with E-state index in [-0.39, 0.29) is 18.9 Å². The van der Waals surface area contributed by atoms with E-state index in [0.29, 0.717) is 17.8 Å². The number of morpholine rings is 1. The van der Waals surface area contributed by atoms with Crippen molar-refractivity contribution >= 4 is 28.8 Å². The van der Waals surface area contributed by atoms with Gasteiger partial charge in [-0.3, -0.25) is 9.69 Å². The lowest BCUT2D eigenvalue weighted by molar-refractivity contribution is -0.138. The summed E-state index contributed by atoms with van der Waals surface area (Å²) >= 11 is 1.48. The second-order valence-electron chi connectivity index (χ2n) is 9.12. The first kappa shape index (κ1) is 26.2. The second-order valence-corrected chi connectivity index (χ2v) is 9.96. The second kappa shape index (κ2) is 11.9. The number of carbonyl (C=O) groups excluding carboxylic acids is 2. The first-order chi connectivity index (χ1) is 17.4. The number of carbonyl (C=O) groups is 2. The first-order valence-electron chi connectivity index (χ1n) is 12.3. The predicted molar refractivity (Wildman–Crippen MR) is 142 cm³/mol. The zero-order valence-corrected chi connectivity index (χ0v) is 22.0. The number of esters is 1. The van der Waals surface area contributed by atoms with Crippen molar-refractivity contribution in [3.05, 3.63) is 69.9 Å². The van der Waals surface area contributed by atoms with E-state index in [1.54, 1.807) is 6.08 Å². The van der Waals surface area contributed by atoms with Gasteiger partial charge in [-0.25, -0.2) is 9.79 Å². The highest BCUT2D eigenvalue weighted by Crippen LogP contribution is 2.45. The molecule has 1 amide bonds. The first-order valence-corrected chi connectivity index (χ1v) is 13.1. The summed E-state index contributed by atoms with van der Waals surface area (Å²) in [5.74, 6) is -0.482. The van der Waals surface area contributed by atoms with E-state index < -0.39 is 12.0 Å². The number of fused-ring (bicyclic) bond motifs is 1. The van der Waals surface area contributed by atoms with Crippen LogP contribution < -0.4 is 5.32 Å². The summed E-state index contributed by atoms with van der Waals surface area (Å²) in [6.07, 6.45) is 1.75. The van der Waals surface area contributed by atoms with Crippen LogP contribution in [0.1, 0.15) is 36.1 Å². The summed E-state index contributed by atoms with van der Waals surface area (Å²) in [4.78, 5) is 35.1. The minimum atomic E-state index is -0.433. The normalized spacial score (nSPS) is 20.0. The van der Waals surface area contributed by atoms with E-state index in [0.717, 1.165) is 60.4 Å². The average Bonchev–Trinajstić information content (AvgIpc) is 3.24. The number of allylic oxidation sites excluding steroid dienone is 1. The number of ether oxygens (including phenoxy) is 2. The standard InChI is InChI=1S/C27H34N4O4S/c1-5-12-35-26(33)24-20(4)29-27-31(25(24)22-7-6-18(2)15-19(22)3)21(17-36-27)16-23(32)28-8-9-30-10-13-34-14-11-30/h5-7,15,17,25H,1,8-14,16H2,2-4H3,(H,28,32)/t25-/m0/s1. The van der Waals surface area contributed by atoms with Crippen LogP contribution in [0.25, 0.3) is 0 Å². The number of hydrogen-bond acceptors (Lipinski definition) is 8. The summed E-state index contributed by atoms with van der Waals surface area (Å²) in [5, 5.41) is 5.76. The molecule has 0 bridgehead atoms. The fourth-order valence-corrected chi connectivity index (χ4v) is 5.64. The molecular formula is C27H34N4O4S. The van der Waals surface area contributed by atoms with Gasteiger partial charge in [0.15, 0.2) is 5.17 Å². The molecule has 9 heteroatoms. The van der Waals surface area contributed by atoms with Crippen LogP contribution in [0.5, 0.6) is 0 Å². The summed E-state index contributed by atoms with van der Waals surface area (Å²) in [5.41, 5.74) is 5.11. The predicted octanol–water partition coefficient (Wildman–Crippen LogP) is 3.45. The van der Waals surface area contributed by atoms with Gasteiger partial charge >= 0.3 is 5.97 Å². The van der Waals surface area contributed by atoms with E-state index in [2.05, 4.69) is 28.9 Å². The molecule has 4 rings (SSSR count). The van der Waals surface area contributed by atoms with Crippen LogP contribution in [0.4, 0.5) is 0 Å². The molecule has 0 saturated carbocycles. The number of amides is 1. The lowest BCUT2D eigenvalue weighted by Crippen LogP contribution is -2.42. The fourth-order valence-electron chi connectivity index (χ4n) is 4.68. The quantitative estimate of drug-likeness (QED) is 0.402. The van der Waals surface area contributed by atoms with Crippen LogP contribution >= 0.6 is 11.8 Å². The Morgan fingerprint density at radius 1 is 1.28 bits per heavy atom. The lowest BCUT2D eigenvalue weighted by atomic mass is 9.90. The van der Waals surface area contributed by atoms with E-state index in [1.165, 1.54) is 11.8 Å². The molecule has 3 heterocycles. The van der Waals surface area contributed by atoms with Gasteiger partial charge in [-0.1, -0.05) is 48.2 Å². The van der Waals surface area contributed by atoms with Gasteiger partial charge in [0.2, 0.25) is 5.91 Å². The number of rotatable bonds is 9. The minimum Gasteiger partial charge on any atom is -0.458 e. The highest BCUT2D eigenvalue weighted by Gasteiger charge is 2.41. The molecule has 1 aromatic carbocycles. The van der Waals surface area contributed by atoms with Crippen molar-refractivity contribution in [1.82, 2.24) is 15.1 Å². The van der Waals surface area contributed by atoms with Crippen LogP contribution in [0.3, 0.4) is 0 Å². The molecule has 0 aliphatic carbocycles. The summed E-state index contributed by atoms with van der Waals surface area (Å²) in [6.45, 7) is 14.3. The number of thioether (sulfide) groups is 1. The van der Waals surface area contributed by atoms with Gasteiger partial charge in [-0.15, -0.1) is 0 Å². The van der Waals surface area contributed by atoms with E-state index >= 15 is 0 Å². The molecule has 3 aliphatic rings. The summed E-state index contributed by atoms with van der Waals surface area (Å²) < 4.78 is 10.8. The molecule has 0 spiro atoms. The van der Waals surface area contributed by atoms with E-state index in [4.69, 9.17) is 14.5 Å². The third-order valence-corrected chi connectivity index (χ3v) is 7.36. The highest BCUT2D eigenvalue weighted by molar-refractivity contribution is 8.16. The number of nitrogens with one attached hydrogen (secondary N) is 1. The average molecular weight is 511 g/mol. The Morgan fingerprint density at radius 2 is 2.06 bits per heavy atom. The SMILES string of the molecule is C=CCOC(=O)C1=C(C)N=C2SC=C(CC(=O)NCCN3CCOCC3)N2[C@H]1c1ccc(C)cc1C. The molecule has 1 N–H and O–H groups in total. The number of aliphatic imine (C=N–C) groups is 1. The number of hydrogen-bond donors (Lipinski definition) is 1. The molecule has 1 saturated heterocycles. The van der Waals surface area contributed by atoms with Crippen LogP contribution in [0, 0.1) is 13.8 Å². The molecule has 36 heavy (non-hydrogen) atoms. The van der Waals surface area contributed by atoms with Crippen LogP contribution in [-0.4, -0.2) is 72.8 Å². The molecule has 0 radical (unpaired) electrons. The Kier molecular flexibility index (Phi) is 8.66. The molecular weight excluding hydrogens is 476 g/mol. The van der Waals surface area contributed by atoms with Crippen LogP contribution in [0.15, 0.2) is 58.2 Å². The topological polar surface area (TPSA) is 83.5 Å². The van der Waals surface area contributed by atoms with Crippen molar-refractivity contribution in [3.8, 4) is 0 Å². The number of benzene rings is 1. The van der Waals surface area contributed by atoms with Crippen molar-refractivity contribution in [2.24, 2.45) is 4.99 Å². The van der Waals surface area contributed by atoms with Gasteiger partial charge in [-0.2, -0.15) is 0 Å². The fraction of sp³-hybridized carbons (Fsp3) is 0.444. The minimum absolute atomic E-state index is 0.0576. The third-order valence-electron chi connectivity index (χ3n) is 6.47. The molecule has 0 aromatic heterocycles. The van der Waals surface area contributed by atoms with Crippen LogP contribution in [0.2, 0.25) is 0 Å². The summed E-state index contributed by atoms with van der Waals surface area (Å²) in [6, 6.07) is 5.77. The Hall–Kier alpha value is -2.88. The van der Waals surface area contributed by atoms with Crippen molar-refractivity contribution in [2.75, 3.05) is 46.0 Å². The molecule has 0 unspecified atom stereocenters. The Morgan fingerprint density at radius 3 is 2.78 bits per heavy atom. The number of nitrogens with zero attached hydrogens (tertiary/aromatic N) is 3. The highest BCUT2D eigenvalue weighted by atomic mass is 32.2. The van der Waals surface area contributed by atoms with Gasteiger partial charge in [0.1, 0.15) is 6.61 Å². The van der Waals surface area contributed by atoms with Crippen LogP contribution in [-0.2, 0) is 19.1 Å². The van der Waals surface area contributed by atoms with Gasteiger partial charge in [0, 0.05) is 31.9 Å².